The largest absolute Gasteiger partial charge is 0.370 e. The molecular weight excluding hydrogens is 293 g/mol. The minimum Gasteiger partial charge on any atom is -0.370 e. The van der Waals surface area contributed by atoms with Crippen molar-refractivity contribution < 1.29 is 0 Å². The van der Waals surface area contributed by atoms with Gasteiger partial charge in [-0.3, -0.25) is 0 Å². The summed E-state index contributed by atoms with van der Waals surface area (Å²) in [6.07, 6.45) is 1.89. The average Bonchev–Trinajstić information content (AvgIpc) is 2.81. The molecule has 0 radical (unpaired) electrons. The van der Waals surface area contributed by atoms with E-state index in [0.717, 1.165) is 30.5 Å². The Balaban J connectivity index is 0.000000810. The molecule has 3 rings (SSSR count). The van der Waals surface area contributed by atoms with Crippen LogP contribution in [0.3, 0.4) is 0 Å². The molecule has 2 atom stereocenters. The van der Waals surface area contributed by atoms with Gasteiger partial charge < -0.3 is 10.2 Å². The summed E-state index contributed by atoms with van der Waals surface area (Å²) >= 11 is 5.94. The SMILES string of the molecule is Cc1cc(N2CC3CNCC3C2)cnc1Cl.Cl.Cl. The third-order valence-electron chi connectivity index (χ3n) is 3.75. The van der Waals surface area contributed by atoms with Crippen molar-refractivity contribution in [3.05, 3.63) is 23.0 Å². The second-order valence-corrected chi connectivity index (χ2v) is 5.24. The number of nitrogens with one attached hydrogen (secondary N) is 1. The normalized spacial score (nSPS) is 25.3. The Morgan fingerprint density at radius 2 is 1.89 bits per heavy atom. The van der Waals surface area contributed by atoms with Crippen LogP contribution in [0.25, 0.3) is 0 Å². The number of hydrogen-bond acceptors (Lipinski definition) is 3. The standard InChI is InChI=1S/C12H16ClN3.2ClH/c1-8-2-11(5-15-12(8)13)16-6-9-3-14-4-10(9)7-16;;/h2,5,9-10,14H,3-4,6-7H2,1H3;2*1H. The highest BCUT2D eigenvalue weighted by Crippen LogP contribution is 2.31. The van der Waals surface area contributed by atoms with Crippen LogP contribution in [0.2, 0.25) is 5.15 Å². The fourth-order valence-corrected chi connectivity index (χ4v) is 2.89. The number of anilines is 1. The van der Waals surface area contributed by atoms with E-state index in [4.69, 9.17) is 11.6 Å². The lowest BCUT2D eigenvalue weighted by Crippen LogP contribution is -2.25. The predicted octanol–water partition coefficient (Wildman–Crippen LogP) is 2.54. The smallest absolute Gasteiger partial charge is 0.132 e. The van der Waals surface area contributed by atoms with Crippen molar-refractivity contribution in [3.8, 4) is 0 Å². The van der Waals surface area contributed by atoms with E-state index in [2.05, 4.69) is 21.3 Å². The van der Waals surface area contributed by atoms with E-state index >= 15 is 0 Å². The third kappa shape index (κ3) is 2.85. The summed E-state index contributed by atoms with van der Waals surface area (Å²) in [5.74, 6) is 1.63. The molecule has 3 nitrogen and oxygen atoms in total. The van der Waals surface area contributed by atoms with Gasteiger partial charge in [-0.1, -0.05) is 11.6 Å². The number of rotatable bonds is 1. The molecule has 102 valence electrons. The van der Waals surface area contributed by atoms with Crippen LogP contribution in [0.4, 0.5) is 5.69 Å². The molecule has 2 unspecified atom stereocenters. The van der Waals surface area contributed by atoms with Gasteiger partial charge in [0.2, 0.25) is 0 Å². The molecule has 0 aliphatic carbocycles. The van der Waals surface area contributed by atoms with E-state index in [9.17, 15) is 0 Å². The summed E-state index contributed by atoms with van der Waals surface area (Å²) in [6.45, 7) is 6.65. The van der Waals surface area contributed by atoms with Gasteiger partial charge in [-0.25, -0.2) is 4.98 Å². The van der Waals surface area contributed by atoms with Gasteiger partial charge >= 0.3 is 0 Å². The Morgan fingerprint density at radius 3 is 2.44 bits per heavy atom. The van der Waals surface area contributed by atoms with Gasteiger partial charge in [-0.2, -0.15) is 0 Å². The highest BCUT2D eigenvalue weighted by molar-refractivity contribution is 6.30. The van der Waals surface area contributed by atoms with E-state index in [1.54, 1.807) is 0 Å². The minimum absolute atomic E-state index is 0. The zero-order valence-corrected chi connectivity index (χ0v) is 12.6. The maximum atomic E-state index is 5.94. The van der Waals surface area contributed by atoms with E-state index < -0.39 is 0 Å². The number of fused-ring (bicyclic) bond motifs is 1. The van der Waals surface area contributed by atoms with Crippen LogP contribution in [0, 0.1) is 18.8 Å². The molecule has 1 aromatic heterocycles. The Bertz CT molecular complexity index is 402. The zero-order valence-electron chi connectivity index (χ0n) is 10.2. The molecule has 1 aromatic rings. The van der Waals surface area contributed by atoms with Gasteiger partial charge in [0.1, 0.15) is 5.15 Å². The Labute approximate surface area is 125 Å². The first kappa shape index (κ1) is 15.8. The topological polar surface area (TPSA) is 28.2 Å². The number of pyridine rings is 1. The molecular formula is C12H18Cl3N3. The van der Waals surface area contributed by atoms with Crippen molar-refractivity contribution in [2.75, 3.05) is 31.1 Å². The van der Waals surface area contributed by atoms with Crippen LogP contribution >= 0.6 is 36.4 Å². The van der Waals surface area contributed by atoms with Gasteiger partial charge in [0.05, 0.1) is 11.9 Å². The first-order valence-electron chi connectivity index (χ1n) is 5.82. The molecule has 2 aliphatic heterocycles. The first-order valence-corrected chi connectivity index (χ1v) is 6.19. The predicted molar refractivity (Wildman–Crippen MR) is 80.5 cm³/mol. The minimum atomic E-state index is 0. The van der Waals surface area contributed by atoms with Crippen molar-refractivity contribution in [2.45, 2.75) is 6.92 Å². The van der Waals surface area contributed by atoms with Crippen LogP contribution in [0.5, 0.6) is 0 Å². The number of halogens is 3. The van der Waals surface area contributed by atoms with Gasteiger partial charge in [0, 0.05) is 26.2 Å². The van der Waals surface area contributed by atoms with Gasteiger partial charge in [-0.15, -0.1) is 24.8 Å². The van der Waals surface area contributed by atoms with Crippen LogP contribution < -0.4 is 10.2 Å². The molecule has 0 aromatic carbocycles. The summed E-state index contributed by atoms with van der Waals surface area (Å²) in [6, 6.07) is 2.14. The number of aromatic nitrogens is 1. The lowest BCUT2D eigenvalue weighted by atomic mass is 10.0. The van der Waals surface area contributed by atoms with Gasteiger partial charge in [-0.05, 0) is 30.4 Å². The number of aryl methyl sites for hydroxylation is 1. The molecule has 2 fully saturated rings. The highest BCUT2D eigenvalue weighted by Gasteiger charge is 2.36. The van der Waals surface area contributed by atoms with E-state index in [1.165, 1.54) is 18.8 Å². The Hall–Kier alpha value is -0.220. The Kier molecular flexibility index (Phi) is 5.53. The van der Waals surface area contributed by atoms with Crippen LogP contribution in [0.15, 0.2) is 12.3 Å². The van der Waals surface area contributed by atoms with Crippen molar-refractivity contribution in [2.24, 2.45) is 11.8 Å². The fourth-order valence-electron chi connectivity index (χ4n) is 2.78. The quantitative estimate of drug-likeness (QED) is 0.808. The summed E-state index contributed by atoms with van der Waals surface area (Å²) in [7, 11) is 0. The van der Waals surface area contributed by atoms with Crippen LogP contribution in [0.1, 0.15) is 5.56 Å². The monoisotopic (exact) mass is 309 g/mol. The summed E-state index contributed by atoms with van der Waals surface area (Å²) in [5.41, 5.74) is 2.28. The maximum absolute atomic E-state index is 5.94. The maximum Gasteiger partial charge on any atom is 0.132 e. The Morgan fingerprint density at radius 1 is 1.28 bits per heavy atom. The van der Waals surface area contributed by atoms with Crippen LogP contribution in [-0.2, 0) is 0 Å². The average molecular weight is 311 g/mol. The van der Waals surface area contributed by atoms with E-state index in [1.807, 2.05) is 13.1 Å². The lowest BCUT2D eigenvalue weighted by Gasteiger charge is -2.19. The first-order chi connectivity index (χ1) is 7.74. The highest BCUT2D eigenvalue weighted by atomic mass is 35.5. The summed E-state index contributed by atoms with van der Waals surface area (Å²) in [5, 5.41) is 4.07. The molecule has 0 amide bonds. The molecule has 6 heteroatoms. The number of nitrogens with zero attached hydrogens (tertiary/aromatic N) is 2. The second kappa shape index (κ2) is 6.29. The van der Waals surface area contributed by atoms with Crippen LogP contribution in [-0.4, -0.2) is 31.2 Å². The third-order valence-corrected chi connectivity index (χ3v) is 4.15. The van der Waals surface area contributed by atoms with Crippen molar-refractivity contribution >= 4 is 42.1 Å². The molecule has 1 N–H and O–H groups in total. The summed E-state index contributed by atoms with van der Waals surface area (Å²) < 4.78 is 0. The zero-order chi connectivity index (χ0) is 11.1. The molecule has 18 heavy (non-hydrogen) atoms. The second-order valence-electron chi connectivity index (χ2n) is 4.88. The summed E-state index contributed by atoms with van der Waals surface area (Å²) in [4.78, 5) is 6.66. The number of hydrogen-bond donors (Lipinski definition) is 1. The lowest BCUT2D eigenvalue weighted by molar-refractivity contribution is 0.533. The molecule has 2 aliphatic rings. The molecule has 2 saturated heterocycles. The molecule has 0 saturated carbocycles. The van der Waals surface area contributed by atoms with E-state index in [-0.39, 0.29) is 24.8 Å². The van der Waals surface area contributed by atoms with Crippen molar-refractivity contribution in [1.29, 1.82) is 0 Å². The molecule has 3 heterocycles. The van der Waals surface area contributed by atoms with Crippen molar-refractivity contribution in [3.63, 3.8) is 0 Å². The van der Waals surface area contributed by atoms with E-state index in [0.29, 0.717) is 5.15 Å². The molecule has 0 bridgehead atoms. The van der Waals surface area contributed by atoms with Crippen molar-refractivity contribution in [1.82, 2.24) is 10.3 Å². The molecule has 0 spiro atoms. The van der Waals surface area contributed by atoms with Gasteiger partial charge in [0.25, 0.3) is 0 Å². The van der Waals surface area contributed by atoms with Gasteiger partial charge in [0.15, 0.2) is 0 Å². The fraction of sp³-hybridized carbons (Fsp3) is 0.583.